The normalized spacial score (nSPS) is 25.0. The summed E-state index contributed by atoms with van der Waals surface area (Å²) in [5.74, 6) is -3.06. The first-order valence-electron chi connectivity index (χ1n) is 8.54. The molecule has 1 amide bonds. The standard InChI is InChI=1S/C16H24N4O7/c1-7(2)15(23)26-10-9(5-21)25-14(11(10)27-16(24)8(3)4)20-6-18-13(19-20)12(17)22/h6-11,14,21H,5H2,1-4H3,(H2,17,22)/t9-,10-,11-,14-/m0/s1. The lowest BCUT2D eigenvalue weighted by Gasteiger charge is -2.25. The first-order valence-corrected chi connectivity index (χ1v) is 8.54. The fraction of sp³-hybridized carbons (Fsp3) is 0.688. The SMILES string of the molecule is CC(C)C(=O)O[C@@H]1[C@H](OC(=O)C(C)C)[C@@H](n2cnc(C(N)=O)n2)O[C@H]1CO. The van der Waals surface area contributed by atoms with Crippen molar-refractivity contribution in [3.63, 3.8) is 0 Å². The lowest BCUT2D eigenvalue weighted by molar-refractivity contribution is -0.172. The average molecular weight is 384 g/mol. The summed E-state index contributed by atoms with van der Waals surface area (Å²) in [6.45, 7) is 6.10. The summed E-state index contributed by atoms with van der Waals surface area (Å²) in [5.41, 5.74) is 5.15. The van der Waals surface area contributed by atoms with Gasteiger partial charge in [0.2, 0.25) is 5.82 Å². The van der Waals surface area contributed by atoms with Crippen LogP contribution in [0.1, 0.15) is 44.5 Å². The van der Waals surface area contributed by atoms with Crippen molar-refractivity contribution < 1.29 is 33.7 Å². The molecule has 1 aromatic rings. The Morgan fingerprint density at radius 3 is 2.19 bits per heavy atom. The van der Waals surface area contributed by atoms with Crippen molar-refractivity contribution in [2.24, 2.45) is 17.6 Å². The zero-order valence-corrected chi connectivity index (χ0v) is 15.6. The molecule has 4 atom stereocenters. The molecule has 0 radical (unpaired) electrons. The third-order valence-corrected chi connectivity index (χ3v) is 3.90. The number of hydrogen-bond donors (Lipinski definition) is 2. The number of primary amides is 1. The van der Waals surface area contributed by atoms with E-state index in [0.29, 0.717) is 0 Å². The van der Waals surface area contributed by atoms with Crippen molar-refractivity contribution >= 4 is 17.8 Å². The maximum atomic E-state index is 12.1. The molecule has 0 saturated carbocycles. The van der Waals surface area contributed by atoms with Gasteiger partial charge < -0.3 is 25.1 Å². The van der Waals surface area contributed by atoms with Gasteiger partial charge in [-0.05, 0) is 0 Å². The number of nitrogens with zero attached hydrogens (tertiary/aromatic N) is 3. The molecule has 3 N–H and O–H groups in total. The maximum absolute atomic E-state index is 12.1. The highest BCUT2D eigenvalue weighted by Gasteiger charge is 2.51. The maximum Gasteiger partial charge on any atom is 0.308 e. The molecule has 0 aromatic carbocycles. The molecule has 11 heteroatoms. The Bertz CT molecular complexity index is 703. The van der Waals surface area contributed by atoms with Gasteiger partial charge in [-0.1, -0.05) is 27.7 Å². The number of esters is 2. The van der Waals surface area contributed by atoms with Crippen molar-refractivity contribution in [1.82, 2.24) is 14.8 Å². The molecule has 0 aliphatic carbocycles. The predicted molar refractivity (Wildman–Crippen MR) is 89.0 cm³/mol. The van der Waals surface area contributed by atoms with Crippen molar-refractivity contribution in [3.8, 4) is 0 Å². The van der Waals surface area contributed by atoms with E-state index in [9.17, 15) is 19.5 Å². The fourth-order valence-electron chi connectivity index (χ4n) is 2.39. The highest BCUT2D eigenvalue weighted by molar-refractivity contribution is 5.88. The minimum atomic E-state index is -1.10. The zero-order chi connectivity index (χ0) is 20.3. The summed E-state index contributed by atoms with van der Waals surface area (Å²) >= 11 is 0. The first-order chi connectivity index (χ1) is 12.6. The van der Waals surface area contributed by atoms with Crippen LogP contribution in [0.4, 0.5) is 0 Å². The summed E-state index contributed by atoms with van der Waals surface area (Å²) in [7, 11) is 0. The Morgan fingerprint density at radius 1 is 1.19 bits per heavy atom. The van der Waals surface area contributed by atoms with Crippen LogP contribution in [-0.2, 0) is 23.8 Å². The number of aliphatic hydroxyl groups excluding tert-OH is 1. The molecule has 1 aliphatic rings. The van der Waals surface area contributed by atoms with E-state index in [1.54, 1.807) is 27.7 Å². The minimum Gasteiger partial charge on any atom is -0.455 e. The van der Waals surface area contributed by atoms with E-state index in [1.165, 1.54) is 6.33 Å². The van der Waals surface area contributed by atoms with Gasteiger partial charge in [0.05, 0.1) is 18.4 Å². The second-order valence-electron chi connectivity index (χ2n) is 6.77. The van der Waals surface area contributed by atoms with E-state index >= 15 is 0 Å². The van der Waals surface area contributed by atoms with E-state index in [4.69, 9.17) is 19.9 Å². The van der Waals surface area contributed by atoms with Gasteiger partial charge in [0.15, 0.2) is 18.4 Å². The van der Waals surface area contributed by atoms with E-state index in [-0.39, 0.29) is 5.82 Å². The molecular formula is C16H24N4O7. The van der Waals surface area contributed by atoms with Crippen molar-refractivity contribution in [1.29, 1.82) is 0 Å². The van der Waals surface area contributed by atoms with Gasteiger partial charge in [-0.2, -0.15) is 0 Å². The molecule has 1 aromatic heterocycles. The van der Waals surface area contributed by atoms with Gasteiger partial charge in [0.25, 0.3) is 5.91 Å². The number of aromatic nitrogens is 3. The number of nitrogens with two attached hydrogens (primary N) is 1. The first kappa shape index (κ1) is 20.8. The Kier molecular flexibility index (Phi) is 6.50. The number of amides is 1. The number of hydrogen-bond acceptors (Lipinski definition) is 9. The van der Waals surface area contributed by atoms with Crippen LogP contribution in [0.2, 0.25) is 0 Å². The molecule has 11 nitrogen and oxygen atoms in total. The van der Waals surface area contributed by atoms with Crippen molar-refractivity contribution in [2.45, 2.75) is 52.2 Å². The second-order valence-corrected chi connectivity index (χ2v) is 6.77. The monoisotopic (exact) mass is 384 g/mol. The molecule has 150 valence electrons. The number of ether oxygens (including phenoxy) is 3. The summed E-state index contributed by atoms with van der Waals surface area (Å²) < 4.78 is 17.7. The quantitative estimate of drug-likeness (QED) is 0.586. The van der Waals surface area contributed by atoms with Gasteiger partial charge in [0.1, 0.15) is 12.4 Å². The van der Waals surface area contributed by atoms with Crippen molar-refractivity contribution in [3.05, 3.63) is 12.2 Å². The van der Waals surface area contributed by atoms with Gasteiger partial charge >= 0.3 is 11.9 Å². The second kappa shape index (κ2) is 8.44. The van der Waals surface area contributed by atoms with Gasteiger partial charge in [0, 0.05) is 0 Å². The number of rotatable bonds is 7. The van der Waals surface area contributed by atoms with Crippen LogP contribution in [0.5, 0.6) is 0 Å². The smallest absolute Gasteiger partial charge is 0.308 e. The average Bonchev–Trinajstić information content (AvgIpc) is 3.20. The number of aliphatic hydroxyl groups is 1. The van der Waals surface area contributed by atoms with Gasteiger partial charge in [-0.3, -0.25) is 14.4 Å². The highest BCUT2D eigenvalue weighted by Crippen LogP contribution is 2.34. The van der Waals surface area contributed by atoms with E-state index < -0.39 is 60.8 Å². The van der Waals surface area contributed by atoms with Crippen LogP contribution in [-0.4, -0.2) is 62.6 Å². The lowest BCUT2D eigenvalue weighted by atomic mass is 10.1. The van der Waals surface area contributed by atoms with Crippen LogP contribution < -0.4 is 5.73 Å². The Labute approximate surface area is 155 Å². The van der Waals surface area contributed by atoms with Gasteiger partial charge in [-0.25, -0.2) is 9.67 Å². The summed E-state index contributed by atoms with van der Waals surface area (Å²) in [6, 6.07) is 0. The summed E-state index contributed by atoms with van der Waals surface area (Å²) in [4.78, 5) is 39.2. The Morgan fingerprint density at radius 2 is 1.74 bits per heavy atom. The molecular weight excluding hydrogens is 360 g/mol. The Balaban J connectivity index is 2.35. The summed E-state index contributed by atoms with van der Waals surface area (Å²) in [6.07, 6.45) is -2.98. The molecule has 1 fully saturated rings. The number of carbonyl (C=O) groups excluding carboxylic acids is 3. The predicted octanol–water partition coefficient (Wildman–Crippen LogP) is -0.598. The molecule has 27 heavy (non-hydrogen) atoms. The highest BCUT2D eigenvalue weighted by atomic mass is 16.6. The molecule has 0 unspecified atom stereocenters. The largest absolute Gasteiger partial charge is 0.455 e. The van der Waals surface area contributed by atoms with Crippen LogP contribution in [0.15, 0.2) is 6.33 Å². The third kappa shape index (κ3) is 4.61. The van der Waals surface area contributed by atoms with E-state index in [0.717, 1.165) is 4.68 Å². The lowest BCUT2D eigenvalue weighted by Crippen LogP contribution is -2.42. The molecule has 2 heterocycles. The molecule has 0 spiro atoms. The van der Waals surface area contributed by atoms with Crippen LogP contribution in [0.3, 0.4) is 0 Å². The Hall–Kier alpha value is -2.53. The van der Waals surface area contributed by atoms with Crippen LogP contribution >= 0.6 is 0 Å². The fourth-order valence-corrected chi connectivity index (χ4v) is 2.39. The molecule has 1 aliphatic heterocycles. The van der Waals surface area contributed by atoms with E-state index in [2.05, 4.69) is 10.1 Å². The minimum absolute atomic E-state index is 0.254. The molecule has 0 bridgehead atoms. The van der Waals surface area contributed by atoms with Crippen LogP contribution in [0, 0.1) is 11.8 Å². The summed E-state index contributed by atoms with van der Waals surface area (Å²) in [5, 5.41) is 13.5. The van der Waals surface area contributed by atoms with Crippen molar-refractivity contribution in [2.75, 3.05) is 6.61 Å². The van der Waals surface area contributed by atoms with Crippen LogP contribution in [0.25, 0.3) is 0 Å². The molecule has 1 saturated heterocycles. The molecule has 2 rings (SSSR count). The number of carbonyl (C=O) groups is 3. The van der Waals surface area contributed by atoms with Gasteiger partial charge in [-0.15, -0.1) is 5.10 Å². The third-order valence-electron chi connectivity index (χ3n) is 3.90. The topological polar surface area (TPSA) is 156 Å². The van der Waals surface area contributed by atoms with E-state index in [1.807, 2.05) is 0 Å². The zero-order valence-electron chi connectivity index (χ0n) is 15.6.